The van der Waals surface area contributed by atoms with Crippen LogP contribution in [0.1, 0.15) is 41.5 Å². The van der Waals surface area contributed by atoms with Crippen LogP contribution in [0.2, 0.25) is 0 Å². The quantitative estimate of drug-likeness (QED) is 0.511. The maximum absolute atomic E-state index is 12.8. The zero-order chi connectivity index (χ0) is 23.3. The highest BCUT2D eigenvalue weighted by molar-refractivity contribution is 5.96. The average molecular weight is 450 g/mol. The highest BCUT2D eigenvalue weighted by Crippen LogP contribution is 2.39. The zero-order valence-electron chi connectivity index (χ0n) is 18.8. The van der Waals surface area contributed by atoms with Crippen LogP contribution >= 0.6 is 0 Å². The number of ketones is 1. The summed E-state index contributed by atoms with van der Waals surface area (Å²) in [5, 5.41) is 13.1. The Balaban J connectivity index is 1.57. The van der Waals surface area contributed by atoms with E-state index in [1.807, 2.05) is 30.3 Å². The van der Waals surface area contributed by atoms with Gasteiger partial charge in [-0.2, -0.15) is 4.80 Å². The molecule has 0 atom stereocenters. The first-order valence-corrected chi connectivity index (χ1v) is 11.0. The van der Waals surface area contributed by atoms with Crippen LogP contribution in [-0.4, -0.2) is 63.8 Å². The molecule has 4 rings (SSSR count). The number of piperidine rings is 1. The van der Waals surface area contributed by atoms with Crippen LogP contribution in [0.4, 0.5) is 4.79 Å². The summed E-state index contributed by atoms with van der Waals surface area (Å²) in [5.74, 6) is 1.03. The minimum Gasteiger partial charge on any atom is -0.497 e. The van der Waals surface area contributed by atoms with Crippen molar-refractivity contribution in [2.45, 2.75) is 31.7 Å². The fraction of sp³-hybridized carbons (Fsp3) is 0.375. The molecule has 0 N–H and O–H groups in total. The molecule has 0 saturated carbocycles. The van der Waals surface area contributed by atoms with E-state index in [-0.39, 0.29) is 18.4 Å². The number of methoxy groups -OCH3 is 1. The molecule has 0 radical (unpaired) electrons. The number of benzene rings is 2. The lowest BCUT2D eigenvalue weighted by molar-refractivity contribution is 0.0894. The summed E-state index contributed by atoms with van der Waals surface area (Å²) in [7, 11) is 1.56. The van der Waals surface area contributed by atoms with Crippen molar-refractivity contribution in [2.24, 2.45) is 0 Å². The highest BCUT2D eigenvalue weighted by atomic mass is 16.6. The number of amides is 1. The van der Waals surface area contributed by atoms with Crippen molar-refractivity contribution < 1.29 is 19.1 Å². The molecule has 1 fully saturated rings. The normalized spacial score (nSPS) is 15.2. The molecule has 0 spiro atoms. The van der Waals surface area contributed by atoms with Gasteiger partial charge in [-0.25, -0.2) is 4.79 Å². The van der Waals surface area contributed by atoms with E-state index in [0.29, 0.717) is 49.7 Å². The predicted octanol–water partition coefficient (Wildman–Crippen LogP) is 3.10. The number of Topliss-reactive ketones (excluding diaryl/α,β-unsaturated/α-hetero) is 1. The van der Waals surface area contributed by atoms with E-state index in [2.05, 4.69) is 15.4 Å². The SMILES string of the molecule is CCOC(=O)N1CCC(c2ccccc2)(c2nnn(CC(=O)c3cccc(OC)c3)n2)CC1. The van der Waals surface area contributed by atoms with Gasteiger partial charge in [-0.05, 0) is 42.7 Å². The Hall–Kier alpha value is -3.75. The fourth-order valence-electron chi connectivity index (χ4n) is 4.20. The molecule has 2 aromatic carbocycles. The molecular weight excluding hydrogens is 422 g/mol. The van der Waals surface area contributed by atoms with Crippen molar-refractivity contribution in [3.05, 3.63) is 71.5 Å². The zero-order valence-corrected chi connectivity index (χ0v) is 18.8. The van der Waals surface area contributed by atoms with Crippen LogP contribution in [0.3, 0.4) is 0 Å². The molecule has 1 aliphatic heterocycles. The Morgan fingerprint density at radius 2 is 1.82 bits per heavy atom. The molecule has 33 heavy (non-hydrogen) atoms. The first kappa shape index (κ1) is 22.4. The Kier molecular flexibility index (Phi) is 6.67. The largest absolute Gasteiger partial charge is 0.497 e. The van der Waals surface area contributed by atoms with Crippen molar-refractivity contribution in [2.75, 3.05) is 26.8 Å². The van der Waals surface area contributed by atoms with E-state index in [0.717, 1.165) is 5.56 Å². The number of hydrogen-bond acceptors (Lipinski definition) is 7. The Labute approximate surface area is 192 Å². The van der Waals surface area contributed by atoms with E-state index < -0.39 is 5.41 Å². The van der Waals surface area contributed by atoms with Gasteiger partial charge in [0.1, 0.15) is 12.3 Å². The van der Waals surface area contributed by atoms with Crippen LogP contribution in [0.15, 0.2) is 54.6 Å². The van der Waals surface area contributed by atoms with E-state index >= 15 is 0 Å². The number of nitrogens with zero attached hydrogens (tertiary/aromatic N) is 5. The number of ether oxygens (including phenoxy) is 2. The van der Waals surface area contributed by atoms with Gasteiger partial charge in [-0.15, -0.1) is 10.2 Å². The molecular formula is C24H27N5O4. The van der Waals surface area contributed by atoms with Crippen LogP contribution in [-0.2, 0) is 16.7 Å². The monoisotopic (exact) mass is 449 g/mol. The second kappa shape index (κ2) is 9.81. The number of likely N-dealkylation sites (tertiary alicyclic amines) is 1. The molecule has 1 aromatic heterocycles. The van der Waals surface area contributed by atoms with Crippen LogP contribution < -0.4 is 4.74 Å². The maximum Gasteiger partial charge on any atom is 0.409 e. The summed E-state index contributed by atoms with van der Waals surface area (Å²) < 4.78 is 10.4. The summed E-state index contributed by atoms with van der Waals surface area (Å²) in [6.45, 7) is 3.15. The molecule has 0 bridgehead atoms. The Morgan fingerprint density at radius 1 is 1.06 bits per heavy atom. The Morgan fingerprint density at radius 3 is 2.52 bits per heavy atom. The van der Waals surface area contributed by atoms with E-state index in [1.165, 1.54) is 4.80 Å². The van der Waals surface area contributed by atoms with Gasteiger partial charge in [0.25, 0.3) is 0 Å². The van der Waals surface area contributed by atoms with E-state index in [4.69, 9.17) is 9.47 Å². The summed E-state index contributed by atoms with van der Waals surface area (Å²) >= 11 is 0. The Bertz CT molecular complexity index is 1110. The van der Waals surface area contributed by atoms with Crippen LogP contribution in [0.25, 0.3) is 0 Å². The van der Waals surface area contributed by atoms with Crippen molar-refractivity contribution >= 4 is 11.9 Å². The lowest BCUT2D eigenvalue weighted by Crippen LogP contribution is -2.46. The van der Waals surface area contributed by atoms with Crippen molar-refractivity contribution in [1.82, 2.24) is 25.1 Å². The van der Waals surface area contributed by atoms with Crippen molar-refractivity contribution in [1.29, 1.82) is 0 Å². The van der Waals surface area contributed by atoms with E-state index in [9.17, 15) is 9.59 Å². The third-order valence-electron chi connectivity index (χ3n) is 6.03. The molecule has 1 aliphatic rings. The molecule has 9 nitrogen and oxygen atoms in total. The summed E-state index contributed by atoms with van der Waals surface area (Å²) in [5.41, 5.74) is 1.09. The second-order valence-corrected chi connectivity index (χ2v) is 7.93. The molecule has 0 unspecified atom stereocenters. The molecule has 1 saturated heterocycles. The maximum atomic E-state index is 12.8. The molecule has 2 heterocycles. The first-order valence-electron chi connectivity index (χ1n) is 11.0. The number of rotatable bonds is 7. The van der Waals surface area contributed by atoms with Crippen molar-refractivity contribution in [3.8, 4) is 5.75 Å². The molecule has 0 aliphatic carbocycles. The third kappa shape index (κ3) is 4.72. The molecule has 9 heteroatoms. The minimum atomic E-state index is -0.498. The van der Waals surface area contributed by atoms with Gasteiger partial charge in [-0.3, -0.25) is 4.79 Å². The molecule has 1 amide bonds. The number of carbonyl (C=O) groups is 2. The standard InChI is InChI=1S/C24H27N5O4/c1-3-33-23(31)28-14-12-24(13-15-28,19-9-5-4-6-10-19)22-25-27-29(26-22)17-21(30)18-8-7-11-20(16-18)32-2/h4-11,16H,3,12-15,17H2,1-2H3. The number of hydrogen-bond donors (Lipinski definition) is 0. The van der Waals surface area contributed by atoms with Gasteiger partial charge >= 0.3 is 6.09 Å². The smallest absolute Gasteiger partial charge is 0.409 e. The van der Waals surface area contributed by atoms with E-state index in [1.54, 1.807) is 43.2 Å². The van der Waals surface area contributed by atoms with Crippen LogP contribution in [0.5, 0.6) is 5.75 Å². The lowest BCUT2D eigenvalue weighted by atomic mass is 9.72. The number of carbonyl (C=O) groups excluding carboxylic acids is 2. The number of tetrazole rings is 1. The summed E-state index contributed by atoms with van der Waals surface area (Å²) in [6.07, 6.45) is 0.955. The average Bonchev–Trinajstić information content (AvgIpc) is 3.33. The topological polar surface area (TPSA) is 99.4 Å². The first-order chi connectivity index (χ1) is 16.1. The highest BCUT2D eigenvalue weighted by Gasteiger charge is 2.43. The summed E-state index contributed by atoms with van der Waals surface area (Å²) in [4.78, 5) is 28.0. The van der Waals surface area contributed by atoms with Gasteiger partial charge in [0.2, 0.25) is 0 Å². The minimum absolute atomic E-state index is 0.0278. The molecule has 3 aromatic rings. The number of aromatic nitrogens is 4. The second-order valence-electron chi connectivity index (χ2n) is 7.93. The third-order valence-corrected chi connectivity index (χ3v) is 6.03. The van der Waals surface area contributed by atoms with Gasteiger partial charge in [-0.1, -0.05) is 42.5 Å². The van der Waals surface area contributed by atoms with Gasteiger partial charge < -0.3 is 14.4 Å². The van der Waals surface area contributed by atoms with Crippen LogP contribution in [0, 0.1) is 0 Å². The van der Waals surface area contributed by atoms with Gasteiger partial charge in [0, 0.05) is 18.7 Å². The van der Waals surface area contributed by atoms with Gasteiger partial charge in [0.15, 0.2) is 11.6 Å². The fourth-order valence-corrected chi connectivity index (χ4v) is 4.20. The lowest BCUT2D eigenvalue weighted by Gasteiger charge is -2.39. The molecule has 172 valence electrons. The summed E-state index contributed by atoms with van der Waals surface area (Å²) in [6, 6.07) is 17.0. The predicted molar refractivity (Wildman–Crippen MR) is 120 cm³/mol. The van der Waals surface area contributed by atoms with Crippen molar-refractivity contribution in [3.63, 3.8) is 0 Å². The van der Waals surface area contributed by atoms with Gasteiger partial charge in [0.05, 0.1) is 19.1 Å².